The Morgan fingerprint density at radius 1 is 1.29 bits per heavy atom. The third kappa shape index (κ3) is 3.26. The highest BCUT2D eigenvalue weighted by atomic mass is 32.2. The number of nitro benzene ring substituents is 1. The van der Waals surface area contributed by atoms with Crippen molar-refractivity contribution >= 4 is 27.1 Å². The first kappa shape index (κ1) is 14.7. The van der Waals surface area contributed by atoms with E-state index in [1.807, 2.05) is 0 Å². The number of nitrogens with one attached hydrogen (secondary N) is 1. The summed E-state index contributed by atoms with van der Waals surface area (Å²) in [6.07, 6.45) is 1.45. The number of non-ortho nitro benzene ring substituents is 1. The molecule has 2 rings (SSSR count). The van der Waals surface area contributed by atoms with Crippen molar-refractivity contribution in [3.05, 3.63) is 52.3 Å². The molecule has 0 saturated heterocycles. The van der Waals surface area contributed by atoms with Crippen LogP contribution in [0.1, 0.15) is 5.69 Å². The summed E-state index contributed by atoms with van der Waals surface area (Å²) in [5.41, 5.74) is 6.11. The zero-order valence-corrected chi connectivity index (χ0v) is 11.8. The summed E-state index contributed by atoms with van der Waals surface area (Å²) in [5.74, 6) is 0. The van der Waals surface area contributed by atoms with Gasteiger partial charge in [0.15, 0.2) is 0 Å². The molecule has 0 aliphatic rings. The molecule has 1 heterocycles. The number of aromatic nitrogens is 1. The molecule has 0 aliphatic heterocycles. The molecule has 1 aromatic heterocycles. The van der Waals surface area contributed by atoms with E-state index in [0.717, 1.165) is 12.1 Å². The minimum absolute atomic E-state index is 0.0705. The Labute approximate surface area is 120 Å². The highest BCUT2D eigenvalue weighted by molar-refractivity contribution is 7.92. The molecule has 0 radical (unpaired) electrons. The number of nitrogens with zero attached hydrogens (tertiary/aromatic N) is 2. The maximum absolute atomic E-state index is 12.3. The number of nitrogens with two attached hydrogens (primary N) is 1. The van der Waals surface area contributed by atoms with Gasteiger partial charge in [-0.25, -0.2) is 8.42 Å². The van der Waals surface area contributed by atoms with Gasteiger partial charge >= 0.3 is 0 Å². The first-order valence-electron chi connectivity index (χ1n) is 5.79. The molecule has 110 valence electrons. The van der Waals surface area contributed by atoms with Crippen molar-refractivity contribution in [1.29, 1.82) is 0 Å². The minimum atomic E-state index is -4.02. The van der Waals surface area contributed by atoms with E-state index in [9.17, 15) is 18.5 Å². The molecule has 0 saturated carbocycles. The van der Waals surface area contributed by atoms with Gasteiger partial charge in [0.1, 0.15) is 4.90 Å². The lowest BCUT2D eigenvalue weighted by Gasteiger charge is -2.10. The minimum Gasteiger partial charge on any atom is -0.398 e. The number of benzene rings is 1. The van der Waals surface area contributed by atoms with Crippen molar-refractivity contribution in [1.82, 2.24) is 4.98 Å². The van der Waals surface area contributed by atoms with E-state index in [0.29, 0.717) is 11.4 Å². The van der Waals surface area contributed by atoms with Gasteiger partial charge in [0.2, 0.25) is 0 Å². The number of nitrogen functional groups attached to an aromatic ring is 1. The molecule has 0 bridgehead atoms. The van der Waals surface area contributed by atoms with Crippen LogP contribution in [0.3, 0.4) is 0 Å². The van der Waals surface area contributed by atoms with E-state index in [-0.39, 0.29) is 16.3 Å². The molecule has 0 atom stereocenters. The summed E-state index contributed by atoms with van der Waals surface area (Å²) >= 11 is 0. The largest absolute Gasteiger partial charge is 0.398 e. The van der Waals surface area contributed by atoms with Gasteiger partial charge in [-0.1, -0.05) is 0 Å². The fourth-order valence-corrected chi connectivity index (χ4v) is 2.89. The molecule has 1 aromatic carbocycles. The lowest BCUT2D eigenvalue weighted by atomic mass is 10.3. The van der Waals surface area contributed by atoms with Gasteiger partial charge in [-0.15, -0.1) is 0 Å². The fraction of sp³-hybridized carbons (Fsp3) is 0.0833. The molecular weight excluding hydrogens is 296 g/mol. The molecule has 0 amide bonds. The standard InChI is InChI=1S/C12H12N4O4S/c1-8-6-9(4-5-14-8)15-21(19,20)12-7-10(16(17)18)2-3-11(12)13/h2-7H,13H2,1H3,(H,14,15). The Kier molecular flexibility index (Phi) is 3.76. The Hall–Kier alpha value is -2.68. The average molecular weight is 308 g/mol. The maximum Gasteiger partial charge on any atom is 0.270 e. The van der Waals surface area contributed by atoms with Crippen molar-refractivity contribution < 1.29 is 13.3 Å². The molecule has 0 fully saturated rings. The van der Waals surface area contributed by atoms with Gasteiger partial charge in [-0.05, 0) is 25.1 Å². The second-order valence-corrected chi connectivity index (χ2v) is 5.92. The van der Waals surface area contributed by atoms with Crippen LogP contribution in [0.4, 0.5) is 17.1 Å². The van der Waals surface area contributed by atoms with Crippen LogP contribution in [-0.2, 0) is 10.0 Å². The summed E-state index contributed by atoms with van der Waals surface area (Å²) in [6.45, 7) is 1.71. The summed E-state index contributed by atoms with van der Waals surface area (Å²) in [6, 6.07) is 6.25. The second kappa shape index (κ2) is 5.37. The van der Waals surface area contributed by atoms with Gasteiger partial charge in [0.05, 0.1) is 16.3 Å². The van der Waals surface area contributed by atoms with E-state index < -0.39 is 14.9 Å². The molecule has 0 spiro atoms. The van der Waals surface area contributed by atoms with Crippen LogP contribution in [0, 0.1) is 17.0 Å². The Morgan fingerprint density at radius 3 is 2.62 bits per heavy atom. The third-order valence-electron chi connectivity index (χ3n) is 2.65. The SMILES string of the molecule is Cc1cc(NS(=O)(=O)c2cc([N+](=O)[O-])ccc2N)ccn1. The van der Waals surface area contributed by atoms with Crippen LogP contribution in [0.25, 0.3) is 0 Å². The first-order valence-corrected chi connectivity index (χ1v) is 7.27. The van der Waals surface area contributed by atoms with Crippen molar-refractivity contribution in [2.24, 2.45) is 0 Å². The molecular formula is C12H12N4O4S. The normalized spacial score (nSPS) is 11.1. The zero-order valence-electron chi connectivity index (χ0n) is 11.0. The lowest BCUT2D eigenvalue weighted by molar-refractivity contribution is -0.385. The van der Waals surface area contributed by atoms with E-state index >= 15 is 0 Å². The van der Waals surface area contributed by atoms with Gasteiger partial charge in [0.25, 0.3) is 15.7 Å². The topological polar surface area (TPSA) is 128 Å². The maximum atomic E-state index is 12.3. The molecule has 9 heteroatoms. The quantitative estimate of drug-likeness (QED) is 0.502. The number of pyridine rings is 1. The van der Waals surface area contributed by atoms with E-state index in [2.05, 4.69) is 9.71 Å². The van der Waals surface area contributed by atoms with Gasteiger partial charge in [-0.3, -0.25) is 19.8 Å². The number of rotatable bonds is 4. The molecule has 21 heavy (non-hydrogen) atoms. The first-order chi connectivity index (χ1) is 9.79. The van der Waals surface area contributed by atoms with Crippen molar-refractivity contribution in [2.45, 2.75) is 11.8 Å². The fourth-order valence-electron chi connectivity index (χ4n) is 1.69. The number of sulfonamides is 1. The highest BCUT2D eigenvalue weighted by Gasteiger charge is 2.21. The third-order valence-corrected chi connectivity index (χ3v) is 4.08. The monoisotopic (exact) mass is 308 g/mol. The van der Waals surface area contributed by atoms with Crippen molar-refractivity contribution in [3.63, 3.8) is 0 Å². The molecule has 0 unspecified atom stereocenters. The molecule has 8 nitrogen and oxygen atoms in total. The van der Waals surface area contributed by atoms with Crippen LogP contribution >= 0.6 is 0 Å². The van der Waals surface area contributed by atoms with Crippen molar-refractivity contribution in [2.75, 3.05) is 10.5 Å². The number of aryl methyl sites for hydroxylation is 1. The summed E-state index contributed by atoms with van der Waals surface area (Å²) in [4.78, 5) is 13.7. The smallest absolute Gasteiger partial charge is 0.270 e. The number of hydrogen-bond donors (Lipinski definition) is 2. The summed E-state index contributed by atoms with van der Waals surface area (Å²) < 4.78 is 26.9. The molecule has 0 aliphatic carbocycles. The predicted octanol–water partition coefficient (Wildman–Crippen LogP) is 1.68. The highest BCUT2D eigenvalue weighted by Crippen LogP contribution is 2.26. The lowest BCUT2D eigenvalue weighted by Crippen LogP contribution is -2.15. The van der Waals surface area contributed by atoms with E-state index in [4.69, 9.17) is 5.73 Å². The Morgan fingerprint density at radius 2 is 2.00 bits per heavy atom. The van der Waals surface area contributed by atoms with Crippen LogP contribution in [0.15, 0.2) is 41.4 Å². The van der Waals surface area contributed by atoms with Crippen LogP contribution in [0.5, 0.6) is 0 Å². The number of anilines is 2. The van der Waals surface area contributed by atoms with Gasteiger partial charge in [-0.2, -0.15) is 0 Å². The Balaban J connectivity index is 2.44. The Bertz CT molecular complexity index is 805. The second-order valence-electron chi connectivity index (χ2n) is 4.27. The molecule has 3 N–H and O–H groups in total. The van der Waals surface area contributed by atoms with Crippen LogP contribution < -0.4 is 10.5 Å². The van der Waals surface area contributed by atoms with E-state index in [1.165, 1.54) is 24.4 Å². The predicted molar refractivity (Wildman–Crippen MR) is 77.3 cm³/mol. The van der Waals surface area contributed by atoms with E-state index in [1.54, 1.807) is 6.92 Å². The average Bonchev–Trinajstić information content (AvgIpc) is 2.38. The number of hydrogen-bond acceptors (Lipinski definition) is 6. The van der Waals surface area contributed by atoms with Crippen LogP contribution in [0.2, 0.25) is 0 Å². The van der Waals surface area contributed by atoms with Crippen molar-refractivity contribution in [3.8, 4) is 0 Å². The van der Waals surface area contributed by atoms with Gasteiger partial charge in [0, 0.05) is 24.0 Å². The summed E-state index contributed by atoms with van der Waals surface area (Å²) in [5, 5.41) is 10.7. The van der Waals surface area contributed by atoms with Crippen LogP contribution in [-0.4, -0.2) is 18.3 Å². The summed E-state index contributed by atoms with van der Waals surface area (Å²) in [7, 11) is -4.02. The zero-order chi connectivity index (χ0) is 15.6. The number of nitro groups is 1. The molecule has 2 aromatic rings. The van der Waals surface area contributed by atoms with Gasteiger partial charge < -0.3 is 5.73 Å².